The van der Waals surface area contributed by atoms with E-state index in [-0.39, 0.29) is 5.78 Å². The highest BCUT2D eigenvalue weighted by molar-refractivity contribution is 9.09. The molecule has 0 atom stereocenters. The molecule has 0 unspecified atom stereocenters. The molecule has 0 aliphatic carbocycles. The van der Waals surface area contributed by atoms with Crippen molar-refractivity contribution in [2.24, 2.45) is 0 Å². The number of hydrogen-bond donors (Lipinski definition) is 0. The molecule has 0 aliphatic rings. The van der Waals surface area contributed by atoms with Crippen LogP contribution in [0.1, 0.15) is 10.5 Å². The number of ketones is 1. The highest BCUT2D eigenvalue weighted by Gasteiger charge is 2.03. The summed E-state index contributed by atoms with van der Waals surface area (Å²) in [5, 5.41) is 2.15. The van der Waals surface area contributed by atoms with Crippen LogP contribution in [0.25, 0.3) is 0 Å². The molecule has 0 aromatic carbocycles. The van der Waals surface area contributed by atoms with E-state index in [4.69, 9.17) is 0 Å². The lowest BCUT2D eigenvalue weighted by molar-refractivity contribution is 0.102. The smallest absolute Gasteiger partial charge is 0.192 e. The second kappa shape index (κ2) is 3.08. The summed E-state index contributed by atoms with van der Waals surface area (Å²) in [7, 11) is 0. The highest BCUT2D eigenvalue weighted by Crippen LogP contribution is 2.01. The lowest BCUT2D eigenvalue weighted by Crippen LogP contribution is -1.98. The van der Waals surface area contributed by atoms with Gasteiger partial charge in [-0.25, -0.2) is 0 Å². The monoisotopic (exact) mass is 205 g/mol. The fourth-order valence-electron chi connectivity index (χ4n) is 0.425. The van der Waals surface area contributed by atoms with E-state index >= 15 is 0 Å². The van der Waals surface area contributed by atoms with Gasteiger partial charge in [-0.15, -0.1) is 0 Å². The number of halogens is 1. The second-order valence-electron chi connectivity index (χ2n) is 1.44. The molecule has 0 saturated carbocycles. The quantitative estimate of drug-likeness (QED) is 0.544. The van der Waals surface area contributed by atoms with Crippen LogP contribution in [0.15, 0.2) is 11.4 Å². The Morgan fingerprint density at radius 2 is 2.67 bits per heavy atom. The van der Waals surface area contributed by atoms with Crippen LogP contribution in [0.5, 0.6) is 0 Å². The Morgan fingerprint density at radius 1 is 1.89 bits per heavy atom. The third kappa shape index (κ3) is 1.59. The largest absolute Gasteiger partial charge is 0.291 e. The molecule has 0 bridgehead atoms. The summed E-state index contributed by atoms with van der Waals surface area (Å²) < 4.78 is 3.85. The fourth-order valence-corrected chi connectivity index (χ4v) is 1.24. The van der Waals surface area contributed by atoms with Crippen molar-refractivity contribution in [3.63, 3.8) is 0 Å². The van der Waals surface area contributed by atoms with Crippen molar-refractivity contribution in [3.8, 4) is 0 Å². The minimum atomic E-state index is 0.0382. The normalized spacial score (nSPS) is 9.44. The minimum absolute atomic E-state index is 0.0382. The molecular formula is C5H4BrNOS. The van der Waals surface area contributed by atoms with E-state index in [0.29, 0.717) is 11.0 Å². The summed E-state index contributed by atoms with van der Waals surface area (Å²) in [5.41, 5.74) is 0.553. The van der Waals surface area contributed by atoms with Crippen molar-refractivity contribution in [3.05, 3.63) is 17.1 Å². The Labute approximate surface area is 65.2 Å². The molecule has 0 fully saturated rings. The third-order valence-corrected chi connectivity index (χ3v) is 1.91. The molecule has 9 heavy (non-hydrogen) atoms. The zero-order valence-corrected chi connectivity index (χ0v) is 6.91. The van der Waals surface area contributed by atoms with Gasteiger partial charge in [0.25, 0.3) is 0 Å². The van der Waals surface area contributed by atoms with E-state index in [2.05, 4.69) is 20.3 Å². The van der Waals surface area contributed by atoms with Crippen LogP contribution in [0.3, 0.4) is 0 Å². The molecule has 1 heterocycles. The molecule has 0 spiro atoms. The summed E-state index contributed by atoms with van der Waals surface area (Å²) in [4.78, 5) is 10.8. The first kappa shape index (κ1) is 6.89. The number of hydrogen-bond acceptors (Lipinski definition) is 3. The number of alkyl halides is 1. The summed E-state index contributed by atoms with van der Waals surface area (Å²) in [5.74, 6) is 0.0382. The van der Waals surface area contributed by atoms with Crippen LogP contribution in [0.2, 0.25) is 0 Å². The predicted octanol–water partition coefficient (Wildman–Crippen LogP) is 1.72. The molecule has 4 heteroatoms. The van der Waals surface area contributed by atoms with Crippen molar-refractivity contribution >= 4 is 33.2 Å². The highest BCUT2D eigenvalue weighted by atomic mass is 79.9. The van der Waals surface area contributed by atoms with Gasteiger partial charge in [-0.3, -0.25) is 4.79 Å². The van der Waals surface area contributed by atoms with Crippen molar-refractivity contribution in [1.29, 1.82) is 0 Å². The third-order valence-electron chi connectivity index (χ3n) is 0.845. The van der Waals surface area contributed by atoms with Gasteiger partial charge >= 0.3 is 0 Å². The van der Waals surface area contributed by atoms with Crippen LogP contribution in [-0.4, -0.2) is 15.5 Å². The molecule has 2 nitrogen and oxygen atoms in total. The maximum absolute atomic E-state index is 10.8. The van der Waals surface area contributed by atoms with Gasteiger partial charge in [0, 0.05) is 5.38 Å². The van der Waals surface area contributed by atoms with Gasteiger partial charge in [-0.2, -0.15) is 4.37 Å². The van der Waals surface area contributed by atoms with Gasteiger partial charge in [-0.05, 0) is 17.6 Å². The van der Waals surface area contributed by atoms with E-state index in [1.54, 1.807) is 11.4 Å². The first-order valence-electron chi connectivity index (χ1n) is 2.34. The van der Waals surface area contributed by atoms with Crippen molar-refractivity contribution in [1.82, 2.24) is 4.37 Å². The van der Waals surface area contributed by atoms with Gasteiger partial charge in [0.2, 0.25) is 0 Å². The average molecular weight is 206 g/mol. The molecule has 1 aromatic heterocycles. The Morgan fingerprint density at radius 3 is 3.11 bits per heavy atom. The van der Waals surface area contributed by atoms with Crippen LogP contribution in [-0.2, 0) is 0 Å². The Hall–Kier alpha value is -0.220. The summed E-state index contributed by atoms with van der Waals surface area (Å²) in [6.07, 6.45) is 0. The Kier molecular flexibility index (Phi) is 2.36. The number of Topliss-reactive ketones (excluding diaryl/α,β-unsaturated/α-hetero) is 1. The topological polar surface area (TPSA) is 30.0 Å². The SMILES string of the molecule is O=C(CBr)c1ccsn1. The maximum Gasteiger partial charge on any atom is 0.192 e. The van der Waals surface area contributed by atoms with Crippen molar-refractivity contribution < 1.29 is 4.79 Å². The Balaban J connectivity index is 2.77. The summed E-state index contributed by atoms with van der Waals surface area (Å²) in [6.45, 7) is 0. The van der Waals surface area contributed by atoms with Crippen LogP contribution >= 0.6 is 27.5 Å². The van der Waals surface area contributed by atoms with Gasteiger partial charge in [0.05, 0.1) is 5.33 Å². The van der Waals surface area contributed by atoms with Crippen LogP contribution in [0.4, 0.5) is 0 Å². The Bertz CT molecular complexity index is 197. The van der Waals surface area contributed by atoms with Gasteiger partial charge in [0.1, 0.15) is 5.69 Å². The zero-order valence-electron chi connectivity index (χ0n) is 4.50. The molecule has 0 saturated heterocycles. The first-order valence-corrected chi connectivity index (χ1v) is 4.30. The summed E-state index contributed by atoms with van der Waals surface area (Å²) in [6, 6.07) is 1.72. The van der Waals surface area contributed by atoms with Crippen molar-refractivity contribution in [2.45, 2.75) is 0 Å². The predicted molar refractivity (Wildman–Crippen MR) is 40.2 cm³/mol. The molecule has 0 aliphatic heterocycles. The minimum Gasteiger partial charge on any atom is -0.291 e. The summed E-state index contributed by atoms with van der Waals surface area (Å²) >= 11 is 4.34. The molecule has 48 valence electrons. The van der Waals surface area contributed by atoms with E-state index in [1.165, 1.54) is 11.5 Å². The second-order valence-corrected chi connectivity index (χ2v) is 2.67. The standard InChI is InChI=1S/C5H4BrNOS/c6-3-5(8)4-1-2-9-7-4/h1-2H,3H2. The van der Waals surface area contributed by atoms with Crippen LogP contribution < -0.4 is 0 Å². The molecule has 0 N–H and O–H groups in total. The zero-order chi connectivity index (χ0) is 6.69. The van der Waals surface area contributed by atoms with Crippen LogP contribution in [0, 0.1) is 0 Å². The van der Waals surface area contributed by atoms with E-state index in [9.17, 15) is 4.79 Å². The molecule has 1 aromatic rings. The fraction of sp³-hybridized carbons (Fsp3) is 0.200. The van der Waals surface area contributed by atoms with E-state index in [0.717, 1.165) is 0 Å². The van der Waals surface area contributed by atoms with Gasteiger partial charge in [-0.1, -0.05) is 15.9 Å². The lowest BCUT2D eigenvalue weighted by Gasteiger charge is -1.83. The number of carbonyl (C=O) groups excluding carboxylic acids is 1. The lowest BCUT2D eigenvalue weighted by atomic mass is 10.3. The molecular weight excluding hydrogens is 202 g/mol. The number of nitrogens with zero attached hydrogens (tertiary/aromatic N) is 1. The number of aromatic nitrogens is 1. The average Bonchev–Trinajstić information content (AvgIpc) is 2.37. The van der Waals surface area contributed by atoms with E-state index < -0.39 is 0 Å². The maximum atomic E-state index is 10.8. The molecule has 0 amide bonds. The van der Waals surface area contributed by atoms with E-state index in [1.807, 2.05) is 0 Å². The van der Waals surface area contributed by atoms with Gasteiger partial charge < -0.3 is 0 Å². The number of carbonyl (C=O) groups is 1. The first-order chi connectivity index (χ1) is 4.34. The molecule has 1 rings (SSSR count). The van der Waals surface area contributed by atoms with Gasteiger partial charge in [0.15, 0.2) is 5.78 Å². The number of rotatable bonds is 2. The molecule has 0 radical (unpaired) electrons. The van der Waals surface area contributed by atoms with Crippen molar-refractivity contribution in [2.75, 3.05) is 5.33 Å².